The van der Waals surface area contributed by atoms with Crippen LogP contribution in [0.4, 0.5) is 0 Å². The van der Waals surface area contributed by atoms with E-state index in [4.69, 9.17) is 27.9 Å². The Kier molecular flexibility index (Phi) is 5.76. The molecule has 0 aromatic heterocycles. The van der Waals surface area contributed by atoms with E-state index in [0.29, 0.717) is 21.4 Å². The monoisotopic (exact) mass is 386 g/mol. The molecule has 0 aliphatic rings. The van der Waals surface area contributed by atoms with Crippen molar-refractivity contribution in [2.45, 2.75) is 13.0 Å². The van der Waals surface area contributed by atoms with Gasteiger partial charge in [0.05, 0.1) is 16.3 Å². The molecule has 0 bridgehead atoms. The number of amides is 1. The number of hydrogen-bond donors (Lipinski definition) is 1. The van der Waals surface area contributed by atoms with E-state index in [2.05, 4.69) is 10.5 Å². The molecule has 0 heterocycles. The van der Waals surface area contributed by atoms with Crippen molar-refractivity contribution in [1.82, 2.24) is 5.43 Å². The van der Waals surface area contributed by atoms with Crippen LogP contribution in [0.15, 0.2) is 65.8 Å². The van der Waals surface area contributed by atoms with Gasteiger partial charge in [-0.3, -0.25) is 4.79 Å². The summed E-state index contributed by atoms with van der Waals surface area (Å²) in [5, 5.41) is 6.97. The van der Waals surface area contributed by atoms with Crippen molar-refractivity contribution in [3.05, 3.63) is 76.3 Å². The number of carbonyl (C=O) groups is 1. The Balaban J connectivity index is 1.63. The summed E-state index contributed by atoms with van der Waals surface area (Å²) in [7, 11) is 0. The van der Waals surface area contributed by atoms with E-state index in [1.54, 1.807) is 25.1 Å². The molecule has 26 heavy (non-hydrogen) atoms. The Hall–Kier alpha value is -2.56. The van der Waals surface area contributed by atoms with Gasteiger partial charge in [0.25, 0.3) is 5.91 Å². The molecule has 1 unspecified atom stereocenters. The summed E-state index contributed by atoms with van der Waals surface area (Å²) in [5.74, 6) is 0.238. The molecule has 132 valence electrons. The molecule has 0 saturated heterocycles. The highest BCUT2D eigenvalue weighted by molar-refractivity contribution is 6.38. The minimum absolute atomic E-state index is 0.377. The molecular weight excluding hydrogens is 371 g/mol. The number of nitrogens with one attached hydrogen (secondary N) is 1. The lowest BCUT2D eigenvalue weighted by Gasteiger charge is -2.13. The van der Waals surface area contributed by atoms with Crippen LogP contribution in [0.25, 0.3) is 10.8 Å². The molecule has 1 atom stereocenters. The number of hydrazone groups is 1. The SMILES string of the molecule is CC(Oc1ccc2ccccc2c1)C(=O)NN=Cc1c(Cl)cccc1Cl. The van der Waals surface area contributed by atoms with Gasteiger partial charge in [-0.05, 0) is 42.0 Å². The van der Waals surface area contributed by atoms with Crippen LogP contribution < -0.4 is 10.2 Å². The lowest BCUT2D eigenvalue weighted by Crippen LogP contribution is -2.33. The fourth-order valence-corrected chi connectivity index (χ4v) is 2.88. The summed E-state index contributed by atoms with van der Waals surface area (Å²) in [6, 6.07) is 18.7. The molecule has 3 rings (SSSR count). The van der Waals surface area contributed by atoms with Gasteiger partial charge in [0.1, 0.15) is 5.75 Å². The third kappa shape index (κ3) is 4.34. The van der Waals surface area contributed by atoms with Gasteiger partial charge in [-0.1, -0.05) is 59.6 Å². The molecule has 3 aromatic carbocycles. The van der Waals surface area contributed by atoms with Crippen LogP contribution in [0.3, 0.4) is 0 Å². The zero-order valence-electron chi connectivity index (χ0n) is 13.9. The van der Waals surface area contributed by atoms with E-state index < -0.39 is 6.10 Å². The van der Waals surface area contributed by atoms with Gasteiger partial charge in [-0.15, -0.1) is 0 Å². The number of fused-ring (bicyclic) bond motifs is 1. The largest absolute Gasteiger partial charge is 0.481 e. The standard InChI is InChI=1S/C20H16Cl2N2O2/c1-13(26-16-10-9-14-5-2-3-6-15(14)11-16)20(25)24-23-12-17-18(21)7-4-8-19(17)22/h2-13H,1H3,(H,24,25). The van der Waals surface area contributed by atoms with E-state index in [1.807, 2.05) is 42.5 Å². The van der Waals surface area contributed by atoms with Gasteiger partial charge in [0.2, 0.25) is 0 Å². The van der Waals surface area contributed by atoms with Gasteiger partial charge in [0, 0.05) is 5.56 Å². The lowest BCUT2D eigenvalue weighted by atomic mass is 10.1. The number of halogens is 2. The predicted octanol–water partition coefficient (Wildman–Crippen LogP) is 5.06. The molecule has 6 heteroatoms. The maximum absolute atomic E-state index is 12.2. The smallest absolute Gasteiger partial charge is 0.280 e. The Morgan fingerprint density at radius 2 is 1.73 bits per heavy atom. The van der Waals surface area contributed by atoms with Gasteiger partial charge < -0.3 is 4.74 Å². The molecule has 0 spiro atoms. The zero-order valence-corrected chi connectivity index (χ0v) is 15.5. The fourth-order valence-electron chi connectivity index (χ4n) is 2.38. The van der Waals surface area contributed by atoms with Crippen molar-refractivity contribution in [3.63, 3.8) is 0 Å². The first-order valence-corrected chi connectivity index (χ1v) is 8.72. The molecule has 0 aliphatic heterocycles. The topological polar surface area (TPSA) is 50.7 Å². The molecule has 1 N–H and O–H groups in total. The molecule has 1 amide bonds. The van der Waals surface area contributed by atoms with Gasteiger partial charge in [-0.2, -0.15) is 5.10 Å². The molecule has 0 saturated carbocycles. The predicted molar refractivity (Wildman–Crippen MR) is 106 cm³/mol. The van der Waals surface area contributed by atoms with E-state index in [0.717, 1.165) is 10.8 Å². The Bertz CT molecular complexity index is 953. The Labute approximate surface area is 161 Å². The van der Waals surface area contributed by atoms with Gasteiger partial charge in [-0.25, -0.2) is 5.43 Å². The van der Waals surface area contributed by atoms with E-state index >= 15 is 0 Å². The average molecular weight is 387 g/mol. The van der Waals surface area contributed by atoms with Gasteiger partial charge >= 0.3 is 0 Å². The number of nitrogens with zero attached hydrogens (tertiary/aromatic N) is 1. The van der Waals surface area contributed by atoms with Gasteiger partial charge in [0.15, 0.2) is 6.10 Å². The number of rotatable bonds is 5. The number of ether oxygens (including phenoxy) is 1. The quantitative estimate of drug-likeness (QED) is 0.491. The molecule has 0 fully saturated rings. The summed E-state index contributed by atoms with van der Waals surface area (Å²) in [6.45, 7) is 1.66. The highest BCUT2D eigenvalue weighted by Gasteiger charge is 2.14. The second kappa shape index (κ2) is 8.21. The number of carbonyl (C=O) groups excluding carboxylic acids is 1. The van der Waals surface area contributed by atoms with Crippen LogP contribution in [-0.4, -0.2) is 18.2 Å². The highest BCUT2D eigenvalue weighted by Crippen LogP contribution is 2.22. The van der Waals surface area contributed by atoms with Crippen LogP contribution in [0, 0.1) is 0 Å². The average Bonchev–Trinajstić information content (AvgIpc) is 2.64. The maximum atomic E-state index is 12.2. The van der Waals surface area contributed by atoms with Crippen LogP contribution >= 0.6 is 23.2 Å². The first kappa shape index (κ1) is 18.2. The van der Waals surface area contributed by atoms with Crippen molar-refractivity contribution in [2.24, 2.45) is 5.10 Å². The number of benzene rings is 3. The van der Waals surface area contributed by atoms with Crippen molar-refractivity contribution in [3.8, 4) is 5.75 Å². The molecule has 3 aromatic rings. The maximum Gasteiger partial charge on any atom is 0.280 e. The van der Waals surface area contributed by atoms with Crippen LogP contribution in [-0.2, 0) is 4.79 Å². The number of hydrogen-bond acceptors (Lipinski definition) is 3. The Morgan fingerprint density at radius 3 is 2.46 bits per heavy atom. The molecule has 4 nitrogen and oxygen atoms in total. The minimum atomic E-state index is -0.713. The van der Waals surface area contributed by atoms with Crippen molar-refractivity contribution in [1.29, 1.82) is 0 Å². The first-order valence-electron chi connectivity index (χ1n) is 7.97. The second-order valence-electron chi connectivity index (χ2n) is 5.64. The summed E-state index contributed by atoms with van der Waals surface area (Å²) in [4.78, 5) is 12.2. The first-order chi connectivity index (χ1) is 12.5. The van der Waals surface area contributed by atoms with Crippen molar-refractivity contribution in [2.75, 3.05) is 0 Å². The third-order valence-electron chi connectivity index (χ3n) is 3.77. The minimum Gasteiger partial charge on any atom is -0.481 e. The Morgan fingerprint density at radius 1 is 1.04 bits per heavy atom. The van der Waals surface area contributed by atoms with E-state index in [1.165, 1.54) is 6.21 Å². The van der Waals surface area contributed by atoms with Crippen LogP contribution in [0.2, 0.25) is 10.0 Å². The fraction of sp³-hybridized carbons (Fsp3) is 0.100. The summed E-state index contributed by atoms with van der Waals surface area (Å²) in [5.41, 5.74) is 2.97. The van der Waals surface area contributed by atoms with Crippen LogP contribution in [0.1, 0.15) is 12.5 Å². The summed E-state index contributed by atoms with van der Waals surface area (Å²) in [6.07, 6.45) is 0.695. The molecule has 0 aliphatic carbocycles. The van der Waals surface area contributed by atoms with Crippen molar-refractivity contribution >= 4 is 46.1 Å². The highest BCUT2D eigenvalue weighted by atomic mass is 35.5. The summed E-state index contributed by atoms with van der Waals surface area (Å²) >= 11 is 12.1. The van der Waals surface area contributed by atoms with Crippen LogP contribution in [0.5, 0.6) is 5.75 Å². The zero-order chi connectivity index (χ0) is 18.5. The summed E-state index contributed by atoms with van der Waals surface area (Å²) < 4.78 is 5.70. The lowest BCUT2D eigenvalue weighted by molar-refractivity contribution is -0.127. The van der Waals surface area contributed by atoms with E-state index in [9.17, 15) is 4.79 Å². The van der Waals surface area contributed by atoms with Crippen molar-refractivity contribution < 1.29 is 9.53 Å². The third-order valence-corrected chi connectivity index (χ3v) is 4.43. The normalized spacial score (nSPS) is 12.3. The molecule has 0 radical (unpaired) electrons. The van der Waals surface area contributed by atoms with E-state index in [-0.39, 0.29) is 5.91 Å². The second-order valence-corrected chi connectivity index (χ2v) is 6.45. The molecular formula is C20H16Cl2N2O2.